The van der Waals surface area contributed by atoms with Crippen molar-refractivity contribution in [3.05, 3.63) is 86.8 Å². The van der Waals surface area contributed by atoms with Crippen LogP contribution in [-0.2, 0) is 30.3 Å². The second-order valence-corrected chi connectivity index (χ2v) is 17.4. The number of rotatable bonds is 29. The summed E-state index contributed by atoms with van der Waals surface area (Å²) in [5, 5.41) is 18.0. The number of urea groups is 1. The number of methoxy groups -OCH3 is 1. The molecule has 2 saturated heterocycles. The molecule has 0 saturated carbocycles. The molecule has 0 bridgehead atoms. The number of aromatic nitrogens is 2. The molecule has 378 valence electrons. The highest BCUT2D eigenvalue weighted by atomic mass is 35.5. The van der Waals surface area contributed by atoms with Crippen LogP contribution in [0.1, 0.15) is 31.2 Å². The Labute approximate surface area is 407 Å². The van der Waals surface area contributed by atoms with E-state index in [4.69, 9.17) is 40.8 Å². The lowest BCUT2D eigenvalue weighted by atomic mass is 10.0. The summed E-state index contributed by atoms with van der Waals surface area (Å²) in [5.41, 5.74) is 6.73. The predicted octanol–water partition coefficient (Wildman–Crippen LogP) is 6.56. The van der Waals surface area contributed by atoms with E-state index in [0.29, 0.717) is 46.3 Å². The molecule has 2 fully saturated rings. The van der Waals surface area contributed by atoms with E-state index in [2.05, 4.69) is 46.6 Å². The van der Waals surface area contributed by atoms with Crippen molar-refractivity contribution in [2.45, 2.75) is 49.6 Å². The third-order valence-electron chi connectivity index (χ3n) is 11.0. The van der Waals surface area contributed by atoms with E-state index < -0.39 is 59.3 Å². The summed E-state index contributed by atoms with van der Waals surface area (Å²) in [6.45, 7) is -0.568. The fourth-order valence-electron chi connectivity index (χ4n) is 7.50. The third kappa shape index (κ3) is 15.0. The van der Waals surface area contributed by atoms with Gasteiger partial charge in [0.25, 0.3) is 0 Å². The van der Waals surface area contributed by atoms with Gasteiger partial charge in [0, 0.05) is 70.6 Å². The van der Waals surface area contributed by atoms with Crippen LogP contribution in [0.4, 0.5) is 43.9 Å². The highest BCUT2D eigenvalue weighted by Crippen LogP contribution is 2.36. The second-order valence-electron chi connectivity index (χ2n) is 15.7. The number of halogens is 6. The second kappa shape index (κ2) is 26.9. The average Bonchev–Trinajstić information content (AvgIpc) is 3.90. The lowest BCUT2D eigenvalue weighted by molar-refractivity contribution is -0.123. The number of ether oxygens (including phenoxy) is 5. The van der Waals surface area contributed by atoms with E-state index in [1.54, 1.807) is 12.1 Å². The zero-order valence-electron chi connectivity index (χ0n) is 37.8. The maximum Gasteiger partial charge on any atom is 0.315 e. The minimum Gasteiger partial charge on any atom is -0.493 e. The molecule has 3 aromatic carbocycles. The van der Waals surface area contributed by atoms with Gasteiger partial charge in [-0.3, -0.25) is 14.5 Å². The molecule has 0 aliphatic carbocycles. The van der Waals surface area contributed by atoms with E-state index in [9.17, 15) is 36.3 Å². The number of hydrogen-bond donors (Lipinski definition) is 5. The van der Waals surface area contributed by atoms with Crippen LogP contribution < -0.4 is 36.1 Å². The number of nitrogens with one attached hydrogen (secondary N) is 5. The molecular formula is C44H51ClF5N11O8S. The van der Waals surface area contributed by atoms with E-state index in [-0.39, 0.29) is 101 Å². The van der Waals surface area contributed by atoms with Gasteiger partial charge in [0.15, 0.2) is 34.8 Å². The van der Waals surface area contributed by atoms with Gasteiger partial charge in [-0.1, -0.05) is 23.1 Å². The number of anilines is 2. The van der Waals surface area contributed by atoms with Gasteiger partial charge < -0.3 is 50.3 Å². The third-order valence-corrected chi connectivity index (χ3v) is 12.7. The smallest absolute Gasteiger partial charge is 0.315 e. The summed E-state index contributed by atoms with van der Waals surface area (Å²) >= 11 is 7.70. The Kier molecular flexibility index (Phi) is 20.5. The Morgan fingerprint density at radius 2 is 1.61 bits per heavy atom. The Morgan fingerprint density at radius 1 is 0.900 bits per heavy atom. The van der Waals surface area contributed by atoms with Crippen molar-refractivity contribution in [3.63, 3.8) is 0 Å². The Hall–Kier alpha value is -5.95. The largest absolute Gasteiger partial charge is 0.493 e. The first-order chi connectivity index (χ1) is 33.9. The number of thioether (sulfide) groups is 1. The summed E-state index contributed by atoms with van der Waals surface area (Å²) < 4.78 is 102. The molecule has 19 nitrogen and oxygen atoms in total. The fraction of sp³-hybridized carbons (Fsp3) is 0.477. The van der Waals surface area contributed by atoms with E-state index in [0.717, 1.165) is 18.6 Å². The zero-order chi connectivity index (χ0) is 50.0. The molecule has 3 heterocycles. The van der Waals surface area contributed by atoms with Crippen molar-refractivity contribution in [1.29, 1.82) is 0 Å². The Balaban J connectivity index is 0.896. The topological polar surface area (TPSA) is 235 Å². The van der Waals surface area contributed by atoms with Gasteiger partial charge in [0.2, 0.25) is 11.8 Å². The molecule has 26 heteroatoms. The van der Waals surface area contributed by atoms with Crippen LogP contribution in [0.5, 0.6) is 11.5 Å². The van der Waals surface area contributed by atoms with Crippen molar-refractivity contribution < 1.29 is 60.0 Å². The molecule has 4 amide bonds. The van der Waals surface area contributed by atoms with Crippen molar-refractivity contribution in [2.75, 3.05) is 90.6 Å². The van der Waals surface area contributed by atoms with Gasteiger partial charge in [0.05, 0.1) is 76.6 Å². The predicted molar refractivity (Wildman–Crippen MR) is 249 cm³/mol. The number of hydrogen-bond acceptors (Lipinski definition) is 14. The normalized spacial score (nSPS) is 16.1. The van der Waals surface area contributed by atoms with Crippen molar-refractivity contribution in [1.82, 2.24) is 36.1 Å². The van der Waals surface area contributed by atoms with Crippen LogP contribution in [0, 0.1) is 29.1 Å². The van der Waals surface area contributed by atoms with Crippen molar-refractivity contribution >= 4 is 69.3 Å². The van der Waals surface area contributed by atoms with E-state index in [1.165, 1.54) is 36.5 Å². The number of carbonyl (C=O) groups excluding carboxylic acids is 3. The van der Waals surface area contributed by atoms with Crippen LogP contribution in [0.2, 0.25) is 5.02 Å². The van der Waals surface area contributed by atoms with Crippen LogP contribution in [-0.4, -0.2) is 135 Å². The van der Waals surface area contributed by atoms with Crippen molar-refractivity contribution in [2.24, 2.45) is 5.11 Å². The number of benzene rings is 3. The van der Waals surface area contributed by atoms with Crippen LogP contribution in [0.3, 0.4) is 0 Å². The molecule has 0 unspecified atom stereocenters. The summed E-state index contributed by atoms with van der Waals surface area (Å²) in [5.74, 6) is -6.78. The van der Waals surface area contributed by atoms with Crippen LogP contribution >= 0.6 is 23.4 Å². The summed E-state index contributed by atoms with van der Waals surface area (Å²) in [6.07, 6.45) is 4.15. The highest BCUT2D eigenvalue weighted by molar-refractivity contribution is 8.00. The monoisotopic (exact) mass is 1020 g/mol. The quantitative estimate of drug-likeness (QED) is 0.00738. The maximum absolute atomic E-state index is 15.0. The molecular weight excluding hydrogens is 973 g/mol. The zero-order valence-corrected chi connectivity index (χ0v) is 39.4. The molecule has 0 radical (unpaired) electrons. The van der Waals surface area contributed by atoms with Gasteiger partial charge in [0.1, 0.15) is 30.3 Å². The summed E-state index contributed by atoms with van der Waals surface area (Å²) in [4.78, 5) is 48.7. The van der Waals surface area contributed by atoms with E-state index in [1.807, 2.05) is 11.8 Å². The molecule has 1 aromatic heterocycles. The molecule has 3 atom stereocenters. The molecule has 5 N–H and O–H groups in total. The van der Waals surface area contributed by atoms with Crippen LogP contribution in [0.25, 0.3) is 21.3 Å². The lowest BCUT2D eigenvalue weighted by Gasteiger charge is -2.23. The lowest BCUT2D eigenvalue weighted by Crippen LogP contribution is -2.40. The van der Waals surface area contributed by atoms with E-state index >= 15 is 0 Å². The maximum atomic E-state index is 15.0. The number of azide groups is 1. The van der Waals surface area contributed by atoms with Gasteiger partial charge >= 0.3 is 6.03 Å². The number of amides is 4. The van der Waals surface area contributed by atoms with Gasteiger partial charge in [-0.15, -0.1) is 0 Å². The summed E-state index contributed by atoms with van der Waals surface area (Å²) in [6, 6.07) is 7.60. The Bertz CT molecular complexity index is 2490. The first kappa shape index (κ1) is 53.4. The minimum absolute atomic E-state index is 0.00840. The van der Waals surface area contributed by atoms with Crippen molar-refractivity contribution in [3.8, 4) is 11.5 Å². The van der Waals surface area contributed by atoms with Gasteiger partial charge in [-0.25, -0.2) is 36.7 Å². The molecule has 6 rings (SSSR count). The van der Waals surface area contributed by atoms with Crippen LogP contribution in [0.15, 0.2) is 41.8 Å². The number of unbranched alkanes of at least 4 members (excludes halogenated alkanes) is 1. The minimum atomic E-state index is -1.89. The highest BCUT2D eigenvalue weighted by Gasteiger charge is 2.42. The van der Waals surface area contributed by atoms with Gasteiger partial charge in [-0.2, -0.15) is 11.8 Å². The standard InChI is InChI=1S/C44H51ClF5N11O8S/c1-65-32-19-26-30(54-24-55-43(26)56-29-7-6-25(45)18-28(29)46)20-33(32)69-17-16-67-12-9-53-36(63)22-61(21-27-37(47)39(49)42(59-60-51)40(50)38(27)48)10-13-68-15-14-66-11-8-52-35(62)5-3-2-4-34-41-31(23-70-34)57-44(64)58-41/h6-7,18-20,24,31,34,41H,2-5,8-17,21-23H2,1H3,(H,52,62)(H,53,63)(H,54,55,56)(H2,57,58,64)/t31-,34-,41-/m0/s1. The molecule has 4 aromatic rings. The molecule has 2 aliphatic heterocycles. The molecule has 0 spiro atoms. The Morgan fingerprint density at radius 3 is 2.33 bits per heavy atom. The molecule has 2 aliphatic rings. The fourth-order valence-corrected chi connectivity index (χ4v) is 9.21. The SMILES string of the molecule is COc1cc2c(Nc3ccc(Cl)cc3F)ncnc2cc1OCCOCCNC(=O)CN(CCOCCOCCNC(=O)CCCC[C@@H]1SC[C@@H]2NC(=O)N[C@@H]21)Cc1c(F)c(F)c(N=[N+]=[N-])c(F)c1F. The number of fused-ring (bicyclic) bond motifs is 2. The number of carbonyl (C=O) groups is 3. The first-order valence-electron chi connectivity index (χ1n) is 22.1. The molecule has 70 heavy (non-hydrogen) atoms. The first-order valence-corrected chi connectivity index (χ1v) is 23.5. The summed E-state index contributed by atoms with van der Waals surface area (Å²) in [7, 11) is 1.44. The van der Waals surface area contributed by atoms with Gasteiger partial charge in [-0.05, 0) is 42.6 Å². The number of nitrogens with zero attached hydrogens (tertiary/aromatic N) is 6. The average molecular weight is 1020 g/mol.